The van der Waals surface area contributed by atoms with E-state index in [1.54, 1.807) is 54.6 Å². The van der Waals surface area contributed by atoms with Crippen LogP contribution in [0, 0.1) is 11.3 Å². The molecule has 0 aromatic heterocycles. The number of amides is 1. The van der Waals surface area contributed by atoms with E-state index in [2.05, 4.69) is 10.0 Å². The minimum absolute atomic E-state index is 0.0191. The number of para-hydroxylation sites is 2. The number of hydrogen-bond donors (Lipinski definition) is 2. The Bertz CT molecular complexity index is 1330. The number of nitriles is 1. The summed E-state index contributed by atoms with van der Waals surface area (Å²) in [6.45, 7) is 5.07. The van der Waals surface area contributed by atoms with Crippen LogP contribution in [0.25, 0.3) is 0 Å². The molecule has 3 aromatic rings. The summed E-state index contributed by atoms with van der Waals surface area (Å²) < 4.78 is 34.8. The van der Waals surface area contributed by atoms with Crippen LogP contribution < -0.4 is 19.7 Å². The third-order valence-electron chi connectivity index (χ3n) is 5.22. The van der Waals surface area contributed by atoms with Crippen molar-refractivity contribution in [3.8, 4) is 11.8 Å². The van der Waals surface area contributed by atoms with Gasteiger partial charge in [-0.25, -0.2) is 8.42 Å². The molecule has 0 aliphatic rings. The van der Waals surface area contributed by atoms with Gasteiger partial charge in [-0.05, 0) is 62.4 Å². The fourth-order valence-electron chi connectivity index (χ4n) is 3.49. The highest BCUT2D eigenvalue weighted by Gasteiger charge is 2.24. The van der Waals surface area contributed by atoms with Crippen LogP contribution in [-0.4, -0.2) is 34.5 Å². The maximum Gasteiger partial charge on any atom is 0.264 e. The van der Waals surface area contributed by atoms with Gasteiger partial charge in [0.2, 0.25) is 0 Å². The van der Waals surface area contributed by atoms with E-state index in [1.165, 1.54) is 19.2 Å². The number of methoxy groups -OCH3 is 1. The number of benzene rings is 3. The summed E-state index contributed by atoms with van der Waals surface area (Å²) in [5.74, 6) is -0.0639. The van der Waals surface area contributed by atoms with Gasteiger partial charge in [0, 0.05) is 24.3 Å². The van der Waals surface area contributed by atoms with Crippen molar-refractivity contribution in [1.82, 2.24) is 0 Å². The summed E-state index contributed by atoms with van der Waals surface area (Å²) >= 11 is 0. The standard InChI is InChI=1S/C25H26N4O4S/c1-4-29(5-2)22-14-13-20(27-25(30)19-10-8-9-18(15-19)17-26)16-24(22)34(31,32)28-21-11-6-7-12-23(21)33-3/h6-16,28H,4-5H2,1-3H3,(H,27,30). The smallest absolute Gasteiger partial charge is 0.264 e. The van der Waals surface area contributed by atoms with E-state index >= 15 is 0 Å². The summed E-state index contributed by atoms with van der Waals surface area (Å²) in [4.78, 5) is 14.7. The Labute approximate surface area is 199 Å². The predicted molar refractivity (Wildman–Crippen MR) is 133 cm³/mol. The van der Waals surface area contributed by atoms with E-state index in [0.29, 0.717) is 47.0 Å². The van der Waals surface area contributed by atoms with Crippen LogP contribution >= 0.6 is 0 Å². The topological polar surface area (TPSA) is 112 Å². The summed E-state index contributed by atoms with van der Waals surface area (Å²) in [5.41, 5.74) is 1.77. The molecule has 0 aliphatic carbocycles. The Hall–Kier alpha value is -4.03. The maximum absolute atomic E-state index is 13.5. The summed E-state index contributed by atoms with van der Waals surface area (Å²) in [5, 5.41) is 11.8. The number of ether oxygens (including phenoxy) is 1. The Balaban J connectivity index is 2.02. The summed E-state index contributed by atoms with van der Waals surface area (Å²) in [6.07, 6.45) is 0. The van der Waals surface area contributed by atoms with E-state index in [-0.39, 0.29) is 4.90 Å². The normalized spacial score (nSPS) is 10.8. The highest BCUT2D eigenvalue weighted by molar-refractivity contribution is 7.93. The largest absolute Gasteiger partial charge is 0.495 e. The number of nitrogens with one attached hydrogen (secondary N) is 2. The number of carbonyl (C=O) groups excluding carboxylic acids is 1. The lowest BCUT2D eigenvalue weighted by Gasteiger charge is -2.25. The lowest BCUT2D eigenvalue weighted by Crippen LogP contribution is -2.26. The highest BCUT2D eigenvalue weighted by atomic mass is 32.2. The van der Waals surface area contributed by atoms with Crippen LogP contribution in [0.5, 0.6) is 5.75 Å². The molecule has 1 amide bonds. The zero-order valence-corrected chi connectivity index (χ0v) is 20.0. The molecule has 176 valence electrons. The molecule has 0 atom stereocenters. The molecule has 0 radical (unpaired) electrons. The molecule has 0 fully saturated rings. The van der Waals surface area contributed by atoms with Crippen molar-refractivity contribution in [3.63, 3.8) is 0 Å². The minimum Gasteiger partial charge on any atom is -0.495 e. The van der Waals surface area contributed by atoms with E-state index in [1.807, 2.05) is 24.8 Å². The van der Waals surface area contributed by atoms with Gasteiger partial charge in [0.15, 0.2) is 0 Å². The first kappa shape index (κ1) is 24.6. The van der Waals surface area contributed by atoms with Gasteiger partial charge in [0.05, 0.1) is 30.1 Å². The second-order valence-corrected chi connectivity index (χ2v) is 8.96. The molecule has 0 saturated carbocycles. The number of hydrogen-bond acceptors (Lipinski definition) is 6. The molecule has 0 heterocycles. The molecule has 0 saturated heterocycles. The van der Waals surface area contributed by atoms with Crippen molar-refractivity contribution < 1.29 is 17.9 Å². The van der Waals surface area contributed by atoms with Crippen LogP contribution in [-0.2, 0) is 10.0 Å². The van der Waals surface area contributed by atoms with Gasteiger partial charge in [-0.3, -0.25) is 9.52 Å². The quantitative estimate of drug-likeness (QED) is 0.469. The molecule has 3 rings (SSSR count). The Kier molecular flexibility index (Phi) is 7.76. The zero-order chi connectivity index (χ0) is 24.7. The molecule has 0 bridgehead atoms. The van der Waals surface area contributed by atoms with Gasteiger partial charge in [-0.2, -0.15) is 5.26 Å². The molecule has 0 unspecified atom stereocenters. The van der Waals surface area contributed by atoms with Crippen molar-refractivity contribution >= 4 is 33.0 Å². The fourth-order valence-corrected chi connectivity index (χ4v) is 4.82. The average molecular weight is 479 g/mol. The predicted octanol–water partition coefficient (Wildman–Crippen LogP) is 4.47. The first-order chi connectivity index (χ1) is 16.3. The molecule has 0 aliphatic heterocycles. The monoisotopic (exact) mass is 478 g/mol. The SMILES string of the molecule is CCN(CC)c1ccc(NC(=O)c2cccc(C#N)c2)cc1S(=O)(=O)Nc1ccccc1OC. The van der Waals surface area contributed by atoms with E-state index in [0.717, 1.165) is 0 Å². The maximum atomic E-state index is 13.5. The molecule has 0 spiro atoms. The number of anilines is 3. The van der Waals surface area contributed by atoms with Crippen LogP contribution in [0.4, 0.5) is 17.1 Å². The van der Waals surface area contributed by atoms with Crippen molar-refractivity contribution in [2.45, 2.75) is 18.7 Å². The molecular formula is C25H26N4O4S. The van der Waals surface area contributed by atoms with E-state index in [4.69, 9.17) is 10.00 Å². The number of sulfonamides is 1. The Morgan fingerprint density at radius 3 is 2.44 bits per heavy atom. The first-order valence-electron chi connectivity index (χ1n) is 10.7. The van der Waals surface area contributed by atoms with Gasteiger partial charge in [0.25, 0.3) is 15.9 Å². The summed E-state index contributed by atoms with van der Waals surface area (Å²) in [7, 11) is -2.58. The van der Waals surface area contributed by atoms with Crippen LogP contribution in [0.15, 0.2) is 71.6 Å². The van der Waals surface area contributed by atoms with Gasteiger partial charge >= 0.3 is 0 Å². The molecule has 3 aromatic carbocycles. The molecule has 2 N–H and O–H groups in total. The zero-order valence-electron chi connectivity index (χ0n) is 19.2. The van der Waals surface area contributed by atoms with Crippen molar-refractivity contribution in [1.29, 1.82) is 5.26 Å². The first-order valence-corrected chi connectivity index (χ1v) is 12.2. The second-order valence-electron chi connectivity index (χ2n) is 7.31. The Morgan fingerprint density at radius 1 is 1.03 bits per heavy atom. The third kappa shape index (κ3) is 5.47. The molecule has 34 heavy (non-hydrogen) atoms. The highest BCUT2D eigenvalue weighted by Crippen LogP contribution is 2.32. The Morgan fingerprint density at radius 2 is 1.76 bits per heavy atom. The minimum atomic E-state index is -4.04. The van der Waals surface area contributed by atoms with Crippen LogP contribution in [0.2, 0.25) is 0 Å². The van der Waals surface area contributed by atoms with Crippen molar-refractivity contribution in [2.24, 2.45) is 0 Å². The van der Waals surface area contributed by atoms with E-state index < -0.39 is 15.9 Å². The van der Waals surface area contributed by atoms with Gasteiger partial charge < -0.3 is 15.0 Å². The second kappa shape index (κ2) is 10.7. The van der Waals surface area contributed by atoms with Gasteiger partial charge in [-0.15, -0.1) is 0 Å². The lowest BCUT2D eigenvalue weighted by molar-refractivity contribution is 0.102. The average Bonchev–Trinajstić information content (AvgIpc) is 2.85. The van der Waals surface area contributed by atoms with Gasteiger partial charge in [-0.1, -0.05) is 18.2 Å². The fraction of sp³-hybridized carbons (Fsp3) is 0.200. The van der Waals surface area contributed by atoms with Crippen molar-refractivity contribution in [3.05, 3.63) is 77.9 Å². The molecule has 8 nitrogen and oxygen atoms in total. The third-order valence-corrected chi connectivity index (χ3v) is 6.61. The lowest BCUT2D eigenvalue weighted by atomic mass is 10.1. The summed E-state index contributed by atoms with van der Waals surface area (Å²) in [6, 6.07) is 19.8. The van der Waals surface area contributed by atoms with Crippen LogP contribution in [0.3, 0.4) is 0 Å². The molecular weight excluding hydrogens is 452 g/mol. The molecule has 9 heteroatoms. The van der Waals surface area contributed by atoms with Crippen molar-refractivity contribution in [2.75, 3.05) is 35.1 Å². The number of carbonyl (C=O) groups is 1. The number of nitrogens with zero attached hydrogens (tertiary/aromatic N) is 2. The number of rotatable bonds is 9. The van der Waals surface area contributed by atoms with Crippen LogP contribution in [0.1, 0.15) is 29.8 Å². The van der Waals surface area contributed by atoms with E-state index in [9.17, 15) is 13.2 Å². The van der Waals surface area contributed by atoms with Gasteiger partial charge in [0.1, 0.15) is 10.6 Å².